The van der Waals surface area contributed by atoms with Crippen LogP contribution >= 0.6 is 0 Å². The minimum atomic E-state index is -4.05. The van der Waals surface area contributed by atoms with Crippen molar-refractivity contribution < 1.29 is 18.3 Å². The van der Waals surface area contributed by atoms with Crippen LogP contribution in [0.1, 0.15) is 38.5 Å². The molecule has 1 N–H and O–H groups in total. The van der Waals surface area contributed by atoms with E-state index in [0.717, 1.165) is 12.8 Å². The first-order valence-electron chi connectivity index (χ1n) is 6.94. The van der Waals surface area contributed by atoms with Crippen LogP contribution in [-0.2, 0) is 0 Å². The van der Waals surface area contributed by atoms with Gasteiger partial charge in [-0.1, -0.05) is 12.8 Å². The van der Waals surface area contributed by atoms with Gasteiger partial charge in [0.25, 0.3) is 0 Å². The number of aliphatic hydroxyl groups excluding tert-OH is 1. The lowest BCUT2D eigenvalue weighted by atomic mass is 9.94. The van der Waals surface area contributed by atoms with Gasteiger partial charge in [0.15, 0.2) is 0 Å². The fourth-order valence-corrected chi connectivity index (χ4v) is 3.20. The first kappa shape index (κ1) is 14.1. The van der Waals surface area contributed by atoms with Crippen molar-refractivity contribution in [3.8, 4) is 0 Å². The number of likely N-dealkylation sites (tertiary alicyclic amines) is 1. The van der Waals surface area contributed by atoms with Gasteiger partial charge in [0.2, 0.25) is 0 Å². The van der Waals surface area contributed by atoms with Crippen LogP contribution in [0.15, 0.2) is 0 Å². The first-order chi connectivity index (χ1) is 8.47. The molecule has 2 fully saturated rings. The molecule has 1 unspecified atom stereocenters. The number of aliphatic hydroxyl groups is 1. The lowest BCUT2D eigenvalue weighted by Gasteiger charge is -2.34. The molecule has 0 amide bonds. The summed E-state index contributed by atoms with van der Waals surface area (Å²) in [5.41, 5.74) is 0. The van der Waals surface area contributed by atoms with Crippen molar-refractivity contribution in [2.75, 3.05) is 19.6 Å². The van der Waals surface area contributed by atoms with Crippen LogP contribution in [-0.4, -0.2) is 41.9 Å². The summed E-state index contributed by atoms with van der Waals surface area (Å²) in [6, 6.07) is 0. The number of alkyl halides is 3. The summed E-state index contributed by atoms with van der Waals surface area (Å²) in [5.74, 6) is -0.775. The fourth-order valence-electron chi connectivity index (χ4n) is 3.20. The third kappa shape index (κ3) is 3.60. The summed E-state index contributed by atoms with van der Waals surface area (Å²) in [5, 5.41) is 10.1. The SMILES string of the molecule is OC(CN1CCC(C(F)(F)F)CC1)C1CCCC1. The van der Waals surface area contributed by atoms with E-state index >= 15 is 0 Å². The van der Waals surface area contributed by atoms with Gasteiger partial charge >= 0.3 is 6.18 Å². The molecule has 1 saturated heterocycles. The van der Waals surface area contributed by atoms with Crippen LogP contribution in [0.4, 0.5) is 13.2 Å². The molecule has 0 bridgehead atoms. The molecule has 18 heavy (non-hydrogen) atoms. The van der Waals surface area contributed by atoms with Crippen molar-refractivity contribution >= 4 is 0 Å². The molecule has 0 aromatic carbocycles. The highest BCUT2D eigenvalue weighted by Gasteiger charge is 2.41. The van der Waals surface area contributed by atoms with E-state index in [-0.39, 0.29) is 18.9 Å². The number of hydrogen-bond donors (Lipinski definition) is 1. The average Bonchev–Trinajstić information content (AvgIpc) is 2.82. The quantitative estimate of drug-likeness (QED) is 0.848. The fraction of sp³-hybridized carbons (Fsp3) is 1.00. The Bertz CT molecular complexity index is 255. The van der Waals surface area contributed by atoms with Gasteiger partial charge < -0.3 is 10.0 Å². The molecule has 1 aliphatic carbocycles. The molecule has 0 aromatic rings. The summed E-state index contributed by atoms with van der Waals surface area (Å²) >= 11 is 0. The van der Waals surface area contributed by atoms with Gasteiger partial charge in [-0.3, -0.25) is 0 Å². The number of halogens is 3. The zero-order chi connectivity index (χ0) is 13.2. The summed E-state index contributed by atoms with van der Waals surface area (Å²) in [4.78, 5) is 1.99. The van der Waals surface area contributed by atoms with E-state index in [4.69, 9.17) is 0 Å². The molecule has 0 spiro atoms. The second-order valence-corrected chi connectivity index (χ2v) is 5.73. The molecule has 2 nitrogen and oxygen atoms in total. The maximum Gasteiger partial charge on any atom is 0.391 e. The van der Waals surface area contributed by atoms with Crippen LogP contribution in [0, 0.1) is 11.8 Å². The van der Waals surface area contributed by atoms with Crippen LogP contribution in [0.3, 0.4) is 0 Å². The highest BCUT2D eigenvalue weighted by molar-refractivity contribution is 4.81. The highest BCUT2D eigenvalue weighted by Crippen LogP contribution is 2.34. The molecular weight excluding hydrogens is 243 g/mol. The topological polar surface area (TPSA) is 23.5 Å². The summed E-state index contributed by atoms with van der Waals surface area (Å²) in [6.45, 7) is 1.48. The number of nitrogens with zero attached hydrogens (tertiary/aromatic N) is 1. The monoisotopic (exact) mass is 265 g/mol. The van der Waals surface area contributed by atoms with Crippen molar-refractivity contribution in [1.29, 1.82) is 0 Å². The Kier molecular flexibility index (Phi) is 4.54. The number of piperidine rings is 1. The Labute approximate surface area is 106 Å². The smallest absolute Gasteiger partial charge is 0.391 e. The predicted molar refractivity (Wildman–Crippen MR) is 63.2 cm³/mol. The second kappa shape index (κ2) is 5.78. The Hall–Kier alpha value is -0.290. The minimum Gasteiger partial charge on any atom is -0.392 e. The zero-order valence-electron chi connectivity index (χ0n) is 10.6. The molecule has 1 atom stereocenters. The van der Waals surface area contributed by atoms with Crippen molar-refractivity contribution in [3.05, 3.63) is 0 Å². The Morgan fingerprint density at radius 3 is 2.11 bits per heavy atom. The number of hydrogen-bond acceptors (Lipinski definition) is 2. The molecule has 2 aliphatic rings. The van der Waals surface area contributed by atoms with Crippen LogP contribution < -0.4 is 0 Å². The summed E-state index contributed by atoms with van der Waals surface area (Å²) in [6.07, 6.45) is 0.462. The lowest BCUT2D eigenvalue weighted by molar-refractivity contribution is -0.185. The molecule has 1 heterocycles. The van der Waals surface area contributed by atoms with Crippen LogP contribution in [0.2, 0.25) is 0 Å². The van der Waals surface area contributed by atoms with E-state index < -0.39 is 12.1 Å². The summed E-state index contributed by atoms with van der Waals surface area (Å²) < 4.78 is 37.5. The van der Waals surface area contributed by atoms with Gasteiger partial charge in [-0.15, -0.1) is 0 Å². The van der Waals surface area contributed by atoms with E-state index in [9.17, 15) is 18.3 Å². The van der Waals surface area contributed by atoms with E-state index in [1.54, 1.807) is 0 Å². The Morgan fingerprint density at radius 2 is 1.61 bits per heavy atom. The lowest BCUT2D eigenvalue weighted by Crippen LogP contribution is -2.43. The van der Waals surface area contributed by atoms with Crippen molar-refractivity contribution in [3.63, 3.8) is 0 Å². The number of rotatable bonds is 3. The largest absolute Gasteiger partial charge is 0.392 e. The van der Waals surface area contributed by atoms with Crippen molar-refractivity contribution in [1.82, 2.24) is 4.90 Å². The molecule has 0 radical (unpaired) electrons. The average molecular weight is 265 g/mol. The van der Waals surface area contributed by atoms with Crippen LogP contribution in [0.25, 0.3) is 0 Å². The van der Waals surface area contributed by atoms with Gasteiger partial charge in [-0.25, -0.2) is 0 Å². The third-order valence-electron chi connectivity index (χ3n) is 4.44. The van der Waals surface area contributed by atoms with E-state index in [1.807, 2.05) is 4.90 Å². The van der Waals surface area contributed by atoms with E-state index in [2.05, 4.69) is 0 Å². The molecule has 106 valence electrons. The minimum absolute atomic E-state index is 0.181. The Balaban J connectivity index is 1.73. The molecular formula is C13H22F3NO. The molecule has 0 aromatic heterocycles. The van der Waals surface area contributed by atoms with E-state index in [1.165, 1.54) is 12.8 Å². The summed E-state index contributed by atoms with van der Waals surface area (Å²) in [7, 11) is 0. The van der Waals surface area contributed by atoms with Crippen molar-refractivity contribution in [2.45, 2.75) is 50.8 Å². The van der Waals surface area contributed by atoms with Crippen molar-refractivity contribution in [2.24, 2.45) is 11.8 Å². The normalized spacial score (nSPS) is 26.7. The standard InChI is InChI=1S/C13H22F3NO/c14-13(15,16)11-5-7-17(8-6-11)9-12(18)10-3-1-2-4-10/h10-12,18H,1-9H2. The molecule has 1 aliphatic heterocycles. The third-order valence-corrected chi connectivity index (χ3v) is 4.44. The molecule has 5 heteroatoms. The number of β-amino-alcohol motifs (C(OH)–C–C–N with tert-alkyl or cyclic N) is 1. The highest BCUT2D eigenvalue weighted by atomic mass is 19.4. The van der Waals surface area contributed by atoms with Gasteiger partial charge in [0.1, 0.15) is 0 Å². The molecule has 1 saturated carbocycles. The second-order valence-electron chi connectivity index (χ2n) is 5.73. The van der Waals surface area contributed by atoms with Gasteiger partial charge in [0, 0.05) is 6.54 Å². The van der Waals surface area contributed by atoms with E-state index in [0.29, 0.717) is 25.6 Å². The maximum atomic E-state index is 12.5. The van der Waals surface area contributed by atoms with Gasteiger partial charge in [-0.05, 0) is 44.7 Å². The first-order valence-corrected chi connectivity index (χ1v) is 6.94. The van der Waals surface area contributed by atoms with Gasteiger partial charge in [0.05, 0.1) is 12.0 Å². The Morgan fingerprint density at radius 1 is 1.06 bits per heavy atom. The van der Waals surface area contributed by atoms with Gasteiger partial charge in [-0.2, -0.15) is 13.2 Å². The van der Waals surface area contributed by atoms with Crippen LogP contribution in [0.5, 0.6) is 0 Å². The predicted octanol–water partition coefficient (Wildman–Crippen LogP) is 2.81. The molecule has 2 rings (SSSR count). The zero-order valence-corrected chi connectivity index (χ0v) is 10.6. The maximum absolute atomic E-state index is 12.5.